The van der Waals surface area contributed by atoms with Crippen molar-refractivity contribution in [1.82, 2.24) is 5.32 Å². The number of rotatable bonds is 4. The van der Waals surface area contributed by atoms with Gasteiger partial charge in [0, 0.05) is 12.6 Å². The fourth-order valence-corrected chi connectivity index (χ4v) is 3.53. The third-order valence-corrected chi connectivity index (χ3v) is 4.60. The van der Waals surface area contributed by atoms with Gasteiger partial charge in [0.05, 0.1) is 0 Å². The molecular weight excluding hydrogens is 218 g/mol. The Labute approximate surface area is 112 Å². The van der Waals surface area contributed by atoms with E-state index >= 15 is 0 Å². The molecule has 0 amide bonds. The van der Waals surface area contributed by atoms with Crippen molar-refractivity contribution in [1.29, 1.82) is 0 Å². The summed E-state index contributed by atoms with van der Waals surface area (Å²) >= 11 is 0. The molecule has 1 aliphatic rings. The molecule has 0 saturated heterocycles. The summed E-state index contributed by atoms with van der Waals surface area (Å²) < 4.78 is 0. The number of nitrogens with one attached hydrogen (secondary N) is 1. The highest BCUT2D eigenvalue weighted by atomic mass is 14.9. The molecule has 2 rings (SSSR count). The van der Waals surface area contributed by atoms with Gasteiger partial charge in [-0.3, -0.25) is 0 Å². The Kier molecular flexibility index (Phi) is 4.45. The van der Waals surface area contributed by atoms with Crippen molar-refractivity contribution in [3.8, 4) is 0 Å². The van der Waals surface area contributed by atoms with Crippen molar-refractivity contribution in [2.75, 3.05) is 0 Å². The fourth-order valence-electron chi connectivity index (χ4n) is 3.53. The van der Waals surface area contributed by atoms with Crippen molar-refractivity contribution in [2.45, 2.75) is 59.5 Å². The van der Waals surface area contributed by atoms with Gasteiger partial charge in [0.15, 0.2) is 0 Å². The summed E-state index contributed by atoms with van der Waals surface area (Å²) in [5.74, 6) is 1.77. The van der Waals surface area contributed by atoms with Gasteiger partial charge in [-0.2, -0.15) is 0 Å². The quantitative estimate of drug-likeness (QED) is 0.837. The summed E-state index contributed by atoms with van der Waals surface area (Å²) in [6, 6.07) is 7.57. The zero-order valence-electron chi connectivity index (χ0n) is 12.3. The molecule has 1 aromatic carbocycles. The number of hydrogen-bond acceptors (Lipinski definition) is 1. The SMILES string of the molecule is CCC1CCC(NCc2cc(C)cc(C)c2)C1C. The first-order valence-electron chi connectivity index (χ1n) is 7.40. The first-order valence-corrected chi connectivity index (χ1v) is 7.40. The van der Waals surface area contributed by atoms with Gasteiger partial charge >= 0.3 is 0 Å². The van der Waals surface area contributed by atoms with Crippen LogP contribution in [0.4, 0.5) is 0 Å². The topological polar surface area (TPSA) is 12.0 Å². The predicted octanol–water partition coefficient (Wildman–Crippen LogP) is 4.22. The van der Waals surface area contributed by atoms with E-state index in [1.165, 1.54) is 36.0 Å². The minimum Gasteiger partial charge on any atom is -0.310 e. The second kappa shape index (κ2) is 5.88. The Hall–Kier alpha value is -0.820. The van der Waals surface area contributed by atoms with E-state index in [9.17, 15) is 0 Å². The molecule has 1 nitrogen and oxygen atoms in total. The lowest BCUT2D eigenvalue weighted by atomic mass is 9.93. The number of benzene rings is 1. The van der Waals surface area contributed by atoms with Gasteiger partial charge in [-0.15, -0.1) is 0 Å². The third-order valence-electron chi connectivity index (χ3n) is 4.60. The molecule has 0 heterocycles. The predicted molar refractivity (Wildman–Crippen MR) is 78.7 cm³/mol. The summed E-state index contributed by atoms with van der Waals surface area (Å²) in [5.41, 5.74) is 4.18. The Bertz CT molecular complexity index is 376. The average Bonchev–Trinajstić information content (AvgIpc) is 2.66. The van der Waals surface area contributed by atoms with E-state index < -0.39 is 0 Å². The van der Waals surface area contributed by atoms with Gasteiger partial charge in [-0.1, -0.05) is 49.6 Å². The second-order valence-corrected chi connectivity index (χ2v) is 6.09. The van der Waals surface area contributed by atoms with Crippen LogP contribution in [0.1, 0.15) is 49.8 Å². The second-order valence-electron chi connectivity index (χ2n) is 6.09. The molecule has 0 bridgehead atoms. The molecule has 100 valence electrons. The summed E-state index contributed by atoms with van der Waals surface area (Å²) in [5, 5.41) is 3.77. The van der Waals surface area contributed by atoms with E-state index in [4.69, 9.17) is 0 Å². The monoisotopic (exact) mass is 245 g/mol. The van der Waals surface area contributed by atoms with E-state index in [0.717, 1.165) is 24.4 Å². The molecule has 1 heteroatoms. The average molecular weight is 245 g/mol. The van der Waals surface area contributed by atoms with Gasteiger partial charge in [-0.25, -0.2) is 0 Å². The Morgan fingerprint density at radius 2 is 1.78 bits per heavy atom. The van der Waals surface area contributed by atoms with E-state index in [2.05, 4.69) is 51.2 Å². The zero-order chi connectivity index (χ0) is 13.1. The number of hydrogen-bond donors (Lipinski definition) is 1. The van der Waals surface area contributed by atoms with E-state index in [0.29, 0.717) is 0 Å². The van der Waals surface area contributed by atoms with Gasteiger partial charge in [0.25, 0.3) is 0 Å². The maximum absolute atomic E-state index is 3.77. The lowest BCUT2D eigenvalue weighted by molar-refractivity contribution is 0.344. The van der Waals surface area contributed by atoms with Crippen molar-refractivity contribution in [2.24, 2.45) is 11.8 Å². The van der Waals surface area contributed by atoms with Gasteiger partial charge in [0.2, 0.25) is 0 Å². The molecule has 0 radical (unpaired) electrons. The minimum atomic E-state index is 0.718. The van der Waals surface area contributed by atoms with Crippen LogP contribution in [0, 0.1) is 25.7 Å². The molecule has 1 fully saturated rings. The van der Waals surface area contributed by atoms with Crippen LogP contribution >= 0.6 is 0 Å². The lowest BCUT2D eigenvalue weighted by Crippen LogP contribution is -2.32. The molecule has 3 unspecified atom stereocenters. The maximum atomic E-state index is 3.77. The Morgan fingerprint density at radius 1 is 1.11 bits per heavy atom. The molecule has 0 aromatic heterocycles. The van der Waals surface area contributed by atoms with Crippen LogP contribution in [0.3, 0.4) is 0 Å². The smallest absolute Gasteiger partial charge is 0.0208 e. The minimum absolute atomic E-state index is 0.718. The number of aryl methyl sites for hydroxylation is 2. The van der Waals surface area contributed by atoms with E-state index in [-0.39, 0.29) is 0 Å². The highest BCUT2D eigenvalue weighted by Crippen LogP contribution is 2.33. The van der Waals surface area contributed by atoms with Gasteiger partial charge in [0.1, 0.15) is 0 Å². The highest BCUT2D eigenvalue weighted by molar-refractivity contribution is 5.28. The van der Waals surface area contributed by atoms with Crippen molar-refractivity contribution < 1.29 is 0 Å². The fraction of sp³-hybridized carbons (Fsp3) is 0.647. The van der Waals surface area contributed by atoms with Crippen LogP contribution in [0.2, 0.25) is 0 Å². The Morgan fingerprint density at radius 3 is 2.33 bits per heavy atom. The summed E-state index contributed by atoms with van der Waals surface area (Å²) in [7, 11) is 0. The molecule has 1 N–H and O–H groups in total. The molecule has 18 heavy (non-hydrogen) atoms. The molecular formula is C17H27N. The lowest BCUT2D eigenvalue weighted by Gasteiger charge is -2.21. The summed E-state index contributed by atoms with van der Waals surface area (Å²) in [6.45, 7) is 10.1. The molecule has 0 aliphatic heterocycles. The van der Waals surface area contributed by atoms with Crippen LogP contribution in [0.15, 0.2) is 18.2 Å². The van der Waals surface area contributed by atoms with Gasteiger partial charge < -0.3 is 5.32 Å². The Balaban J connectivity index is 1.92. The summed E-state index contributed by atoms with van der Waals surface area (Å²) in [4.78, 5) is 0. The van der Waals surface area contributed by atoms with E-state index in [1.54, 1.807) is 0 Å². The largest absolute Gasteiger partial charge is 0.310 e. The van der Waals surface area contributed by atoms with Crippen LogP contribution in [0.25, 0.3) is 0 Å². The molecule has 1 aliphatic carbocycles. The van der Waals surface area contributed by atoms with Crippen molar-refractivity contribution >= 4 is 0 Å². The standard InChI is InChI=1S/C17H27N/c1-5-16-6-7-17(14(16)4)18-11-15-9-12(2)8-13(3)10-15/h8-10,14,16-18H,5-7,11H2,1-4H3. The van der Waals surface area contributed by atoms with Crippen LogP contribution < -0.4 is 5.32 Å². The first kappa shape index (κ1) is 13.6. The molecule has 1 saturated carbocycles. The highest BCUT2D eigenvalue weighted by Gasteiger charge is 2.30. The van der Waals surface area contributed by atoms with Crippen molar-refractivity contribution in [3.63, 3.8) is 0 Å². The first-order chi connectivity index (χ1) is 8.60. The van der Waals surface area contributed by atoms with E-state index in [1.807, 2.05) is 0 Å². The van der Waals surface area contributed by atoms with Crippen LogP contribution in [-0.4, -0.2) is 6.04 Å². The van der Waals surface area contributed by atoms with Crippen LogP contribution in [0.5, 0.6) is 0 Å². The molecule has 0 spiro atoms. The normalized spacial score (nSPS) is 27.7. The third kappa shape index (κ3) is 3.14. The van der Waals surface area contributed by atoms with Crippen LogP contribution in [-0.2, 0) is 6.54 Å². The van der Waals surface area contributed by atoms with Gasteiger partial charge in [-0.05, 0) is 44.1 Å². The van der Waals surface area contributed by atoms with Crippen molar-refractivity contribution in [3.05, 3.63) is 34.9 Å². The maximum Gasteiger partial charge on any atom is 0.0208 e. The zero-order valence-corrected chi connectivity index (χ0v) is 12.3. The molecule has 1 aromatic rings. The molecule has 3 atom stereocenters. The summed E-state index contributed by atoms with van der Waals surface area (Å²) in [6.07, 6.45) is 4.09.